The van der Waals surface area contributed by atoms with Crippen LogP contribution in [-0.2, 0) is 4.74 Å². The van der Waals surface area contributed by atoms with Crippen LogP contribution in [0.15, 0.2) is 0 Å². The molecule has 106 valence electrons. The Hall–Kier alpha value is -0.0800. The molecule has 2 heteroatoms. The minimum Gasteiger partial charge on any atom is -0.378 e. The van der Waals surface area contributed by atoms with Gasteiger partial charge in [-0.2, -0.15) is 0 Å². The van der Waals surface area contributed by atoms with Crippen LogP contribution in [0.4, 0.5) is 0 Å². The van der Waals surface area contributed by atoms with E-state index in [0.29, 0.717) is 12.1 Å². The average molecular weight is 253 g/mol. The molecule has 1 saturated heterocycles. The van der Waals surface area contributed by atoms with E-state index in [-0.39, 0.29) is 0 Å². The van der Waals surface area contributed by atoms with Crippen LogP contribution in [0, 0.1) is 23.7 Å². The molecule has 6 unspecified atom stereocenters. The summed E-state index contributed by atoms with van der Waals surface area (Å²) in [6.07, 6.45) is 7.14. The Bertz CT molecular complexity index is 255. The summed E-state index contributed by atoms with van der Waals surface area (Å²) >= 11 is 0. The summed E-state index contributed by atoms with van der Waals surface area (Å²) in [5.41, 5.74) is 0. The lowest BCUT2D eigenvalue weighted by Crippen LogP contribution is -2.45. The normalized spacial score (nSPS) is 43.0. The van der Waals surface area contributed by atoms with Crippen molar-refractivity contribution in [3.8, 4) is 0 Å². The van der Waals surface area contributed by atoms with Crippen molar-refractivity contribution >= 4 is 0 Å². The number of hydrogen-bond donors (Lipinski definition) is 1. The van der Waals surface area contributed by atoms with Crippen molar-refractivity contribution < 1.29 is 4.74 Å². The fourth-order valence-electron chi connectivity index (χ4n) is 4.21. The molecular weight excluding hydrogens is 222 g/mol. The van der Waals surface area contributed by atoms with E-state index >= 15 is 0 Å². The van der Waals surface area contributed by atoms with Crippen LogP contribution in [0.5, 0.6) is 0 Å². The minimum atomic E-state index is 0.497. The molecule has 0 aromatic carbocycles. The second-order valence-corrected chi connectivity index (χ2v) is 6.61. The van der Waals surface area contributed by atoms with Gasteiger partial charge in [-0.05, 0) is 50.5 Å². The van der Waals surface area contributed by atoms with Crippen molar-refractivity contribution in [2.75, 3.05) is 13.7 Å². The first-order chi connectivity index (χ1) is 8.67. The summed E-state index contributed by atoms with van der Waals surface area (Å²) in [5, 5.41) is 3.63. The maximum absolute atomic E-state index is 5.90. The highest BCUT2D eigenvalue weighted by Gasteiger charge is 2.39. The van der Waals surface area contributed by atoms with Gasteiger partial charge in [0.2, 0.25) is 0 Å². The third-order valence-corrected chi connectivity index (χ3v) is 5.60. The smallest absolute Gasteiger partial charge is 0.0616 e. The molecule has 1 heterocycles. The maximum Gasteiger partial charge on any atom is 0.0616 e. The number of ether oxygens (including phenoxy) is 1. The lowest BCUT2D eigenvalue weighted by atomic mass is 9.70. The summed E-state index contributed by atoms with van der Waals surface area (Å²) in [7, 11) is 2.15. The Morgan fingerprint density at radius 1 is 1.17 bits per heavy atom. The second kappa shape index (κ2) is 6.38. The monoisotopic (exact) mass is 253 g/mol. The summed E-state index contributed by atoms with van der Waals surface area (Å²) in [5.74, 6) is 3.41. The molecule has 1 aliphatic carbocycles. The number of nitrogens with one attached hydrogen (secondary N) is 1. The summed E-state index contributed by atoms with van der Waals surface area (Å²) < 4.78 is 5.90. The van der Waals surface area contributed by atoms with Crippen LogP contribution < -0.4 is 5.32 Å². The minimum absolute atomic E-state index is 0.497. The van der Waals surface area contributed by atoms with Crippen molar-refractivity contribution in [1.29, 1.82) is 0 Å². The predicted octanol–water partition coefficient (Wildman–Crippen LogP) is 3.46. The molecule has 2 fully saturated rings. The third-order valence-electron chi connectivity index (χ3n) is 5.60. The van der Waals surface area contributed by atoms with E-state index in [1.165, 1.54) is 32.1 Å². The standard InChI is InChI=1S/C16H31NO/c1-5-15-14(8-9-18-15)16(17-4)13-7-6-11(2)12(3)10-13/h11-17H,5-10H2,1-4H3. The van der Waals surface area contributed by atoms with E-state index in [4.69, 9.17) is 4.74 Å². The first-order valence-electron chi connectivity index (χ1n) is 7.96. The largest absolute Gasteiger partial charge is 0.378 e. The zero-order chi connectivity index (χ0) is 13.1. The van der Waals surface area contributed by atoms with E-state index < -0.39 is 0 Å². The molecule has 0 aromatic rings. The van der Waals surface area contributed by atoms with Crippen molar-refractivity contribution in [2.45, 2.75) is 65.0 Å². The van der Waals surface area contributed by atoms with Crippen LogP contribution in [0.3, 0.4) is 0 Å². The van der Waals surface area contributed by atoms with Gasteiger partial charge in [-0.3, -0.25) is 0 Å². The van der Waals surface area contributed by atoms with Crippen molar-refractivity contribution in [2.24, 2.45) is 23.7 Å². The molecule has 18 heavy (non-hydrogen) atoms. The van der Waals surface area contributed by atoms with Gasteiger partial charge in [0.25, 0.3) is 0 Å². The highest BCUT2D eigenvalue weighted by molar-refractivity contribution is 4.92. The van der Waals surface area contributed by atoms with E-state index in [1.807, 2.05) is 0 Å². The SMILES string of the molecule is CCC1OCCC1C(NC)C1CCC(C)C(C)C1. The molecule has 2 aliphatic rings. The molecule has 1 N–H and O–H groups in total. The molecule has 6 atom stereocenters. The van der Waals surface area contributed by atoms with Crippen molar-refractivity contribution in [1.82, 2.24) is 5.32 Å². The quantitative estimate of drug-likeness (QED) is 0.828. The molecule has 0 amide bonds. The van der Waals surface area contributed by atoms with E-state index in [1.54, 1.807) is 0 Å². The van der Waals surface area contributed by atoms with Crippen LogP contribution in [-0.4, -0.2) is 25.8 Å². The first-order valence-corrected chi connectivity index (χ1v) is 7.96. The third kappa shape index (κ3) is 2.91. The topological polar surface area (TPSA) is 21.3 Å². The van der Waals surface area contributed by atoms with Gasteiger partial charge < -0.3 is 10.1 Å². The van der Waals surface area contributed by atoms with Crippen LogP contribution in [0.2, 0.25) is 0 Å². The summed E-state index contributed by atoms with van der Waals surface area (Å²) in [4.78, 5) is 0. The van der Waals surface area contributed by atoms with Crippen molar-refractivity contribution in [3.05, 3.63) is 0 Å². The Balaban J connectivity index is 2.00. The Morgan fingerprint density at radius 2 is 1.94 bits per heavy atom. The Labute approximate surface area is 113 Å². The predicted molar refractivity (Wildman–Crippen MR) is 76.7 cm³/mol. The molecule has 0 aromatic heterocycles. The molecule has 2 nitrogen and oxygen atoms in total. The summed E-state index contributed by atoms with van der Waals surface area (Å²) in [6.45, 7) is 8.09. The zero-order valence-electron chi connectivity index (χ0n) is 12.6. The lowest BCUT2D eigenvalue weighted by Gasteiger charge is -2.40. The average Bonchev–Trinajstić information content (AvgIpc) is 2.83. The van der Waals surface area contributed by atoms with Crippen LogP contribution in [0.1, 0.15) is 52.9 Å². The lowest BCUT2D eigenvalue weighted by molar-refractivity contribution is 0.0594. The van der Waals surface area contributed by atoms with E-state index in [9.17, 15) is 0 Å². The number of hydrogen-bond acceptors (Lipinski definition) is 2. The van der Waals surface area contributed by atoms with Gasteiger partial charge in [-0.15, -0.1) is 0 Å². The highest BCUT2D eigenvalue weighted by atomic mass is 16.5. The number of rotatable bonds is 4. The highest BCUT2D eigenvalue weighted by Crippen LogP contribution is 2.39. The van der Waals surface area contributed by atoms with Gasteiger partial charge in [0.15, 0.2) is 0 Å². The fraction of sp³-hybridized carbons (Fsp3) is 1.00. The van der Waals surface area contributed by atoms with Crippen LogP contribution >= 0.6 is 0 Å². The Morgan fingerprint density at radius 3 is 2.56 bits per heavy atom. The molecule has 1 aliphatic heterocycles. The molecule has 0 spiro atoms. The zero-order valence-corrected chi connectivity index (χ0v) is 12.6. The van der Waals surface area contributed by atoms with Gasteiger partial charge in [0.1, 0.15) is 0 Å². The van der Waals surface area contributed by atoms with Crippen LogP contribution in [0.25, 0.3) is 0 Å². The summed E-state index contributed by atoms with van der Waals surface area (Å²) in [6, 6.07) is 0.674. The van der Waals surface area contributed by atoms with E-state index in [2.05, 4.69) is 33.1 Å². The molecular formula is C16H31NO. The van der Waals surface area contributed by atoms with E-state index in [0.717, 1.165) is 30.3 Å². The fourth-order valence-corrected chi connectivity index (χ4v) is 4.21. The molecule has 0 radical (unpaired) electrons. The second-order valence-electron chi connectivity index (χ2n) is 6.61. The molecule has 0 bridgehead atoms. The molecule has 1 saturated carbocycles. The molecule has 2 rings (SSSR count). The van der Waals surface area contributed by atoms with Gasteiger partial charge in [-0.1, -0.05) is 27.2 Å². The van der Waals surface area contributed by atoms with Gasteiger partial charge in [0.05, 0.1) is 6.10 Å². The van der Waals surface area contributed by atoms with Gasteiger partial charge >= 0.3 is 0 Å². The van der Waals surface area contributed by atoms with Crippen molar-refractivity contribution in [3.63, 3.8) is 0 Å². The maximum atomic E-state index is 5.90. The Kier molecular flexibility index (Phi) is 5.08. The van der Waals surface area contributed by atoms with Gasteiger partial charge in [-0.25, -0.2) is 0 Å². The van der Waals surface area contributed by atoms with Gasteiger partial charge in [0, 0.05) is 18.6 Å². The first kappa shape index (κ1) is 14.3.